The lowest BCUT2D eigenvalue weighted by molar-refractivity contribution is 0.0954. The monoisotopic (exact) mass is 394 g/mol. The van der Waals surface area contributed by atoms with Gasteiger partial charge in [0.2, 0.25) is 0 Å². The second-order valence-electron chi connectivity index (χ2n) is 6.48. The Bertz CT molecular complexity index is 979. The maximum atomic E-state index is 12.8. The number of phenolic OH excluding ortho intramolecular Hbond substituents is 1. The molecule has 0 spiro atoms. The summed E-state index contributed by atoms with van der Waals surface area (Å²) >= 11 is 1.40. The van der Waals surface area contributed by atoms with Crippen molar-refractivity contribution < 1.29 is 14.7 Å². The third kappa shape index (κ3) is 4.58. The predicted molar refractivity (Wildman–Crippen MR) is 112 cm³/mol. The van der Waals surface area contributed by atoms with Gasteiger partial charge in [-0.2, -0.15) is 0 Å². The Hall–Kier alpha value is -3.12. The number of hydrogen-bond acceptors (Lipinski definition) is 4. The maximum Gasteiger partial charge on any atom is 0.256 e. The maximum absolute atomic E-state index is 12.8. The van der Waals surface area contributed by atoms with Gasteiger partial charge in [-0.3, -0.25) is 9.59 Å². The Morgan fingerprint density at radius 3 is 2.32 bits per heavy atom. The molecule has 0 aliphatic heterocycles. The highest BCUT2D eigenvalue weighted by molar-refractivity contribution is 7.16. The summed E-state index contributed by atoms with van der Waals surface area (Å²) in [6.45, 7) is 4.29. The molecule has 3 rings (SSSR count). The average Bonchev–Trinajstić information content (AvgIpc) is 2.97. The lowest BCUT2D eigenvalue weighted by atomic mass is 10.1. The van der Waals surface area contributed by atoms with Gasteiger partial charge in [-0.1, -0.05) is 30.3 Å². The van der Waals surface area contributed by atoms with E-state index >= 15 is 0 Å². The summed E-state index contributed by atoms with van der Waals surface area (Å²) in [5, 5.41) is 15.7. The van der Waals surface area contributed by atoms with Crippen molar-refractivity contribution in [2.24, 2.45) is 0 Å². The minimum absolute atomic E-state index is 0.205. The molecule has 0 saturated carbocycles. The number of carbonyl (C=O) groups excluding carboxylic acids is 2. The van der Waals surface area contributed by atoms with Gasteiger partial charge >= 0.3 is 0 Å². The number of anilines is 1. The van der Waals surface area contributed by atoms with E-state index in [1.165, 1.54) is 11.3 Å². The third-order valence-electron chi connectivity index (χ3n) is 4.51. The van der Waals surface area contributed by atoms with Crippen LogP contribution in [0.2, 0.25) is 0 Å². The molecular weight excluding hydrogens is 372 g/mol. The first kappa shape index (κ1) is 19.6. The van der Waals surface area contributed by atoms with Crippen LogP contribution in [-0.2, 0) is 6.42 Å². The molecule has 3 aromatic rings. The van der Waals surface area contributed by atoms with Crippen molar-refractivity contribution in [1.82, 2.24) is 5.32 Å². The van der Waals surface area contributed by atoms with E-state index < -0.39 is 0 Å². The number of amides is 2. The van der Waals surface area contributed by atoms with E-state index in [0.717, 1.165) is 16.0 Å². The first-order valence-corrected chi connectivity index (χ1v) is 9.80. The van der Waals surface area contributed by atoms with Crippen LogP contribution in [-0.4, -0.2) is 23.5 Å². The number of aromatic hydroxyl groups is 1. The van der Waals surface area contributed by atoms with Crippen LogP contribution in [0.25, 0.3) is 0 Å². The smallest absolute Gasteiger partial charge is 0.256 e. The Morgan fingerprint density at radius 1 is 0.964 bits per heavy atom. The molecule has 0 unspecified atom stereocenters. The third-order valence-corrected chi connectivity index (χ3v) is 5.63. The normalized spacial score (nSPS) is 10.5. The summed E-state index contributed by atoms with van der Waals surface area (Å²) in [4.78, 5) is 26.2. The molecule has 0 aliphatic carbocycles. The zero-order valence-corrected chi connectivity index (χ0v) is 16.6. The summed E-state index contributed by atoms with van der Waals surface area (Å²) in [6.07, 6.45) is 0.653. The van der Waals surface area contributed by atoms with Crippen molar-refractivity contribution in [1.29, 1.82) is 0 Å². The number of carbonyl (C=O) groups is 2. The fourth-order valence-electron chi connectivity index (χ4n) is 2.82. The van der Waals surface area contributed by atoms with Crippen LogP contribution in [0.15, 0.2) is 54.6 Å². The summed E-state index contributed by atoms with van der Waals surface area (Å²) in [5.41, 5.74) is 2.95. The summed E-state index contributed by atoms with van der Waals surface area (Å²) in [5.74, 6) is -0.222. The van der Waals surface area contributed by atoms with Crippen LogP contribution in [0, 0.1) is 13.8 Å². The second-order valence-corrected chi connectivity index (χ2v) is 7.70. The molecular formula is C22H22N2O3S. The predicted octanol–water partition coefficient (Wildman–Crippen LogP) is 4.30. The van der Waals surface area contributed by atoms with E-state index in [0.29, 0.717) is 29.1 Å². The highest BCUT2D eigenvalue weighted by Crippen LogP contribution is 2.32. The Kier molecular flexibility index (Phi) is 6.11. The molecule has 3 N–H and O–H groups in total. The van der Waals surface area contributed by atoms with E-state index in [4.69, 9.17) is 0 Å². The van der Waals surface area contributed by atoms with Crippen LogP contribution >= 0.6 is 11.3 Å². The Morgan fingerprint density at radius 2 is 1.64 bits per heavy atom. The molecule has 1 heterocycles. The lowest BCUT2D eigenvalue weighted by Gasteiger charge is -2.09. The van der Waals surface area contributed by atoms with Gasteiger partial charge in [0.15, 0.2) is 0 Å². The summed E-state index contributed by atoms with van der Waals surface area (Å²) in [7, 11) is 0. The van der Waals surface area contributed by atoms with E-state index in [-0.39, 0.29) is 17.6 Å². The van der Waals surface area contributed by atoms with Crippen molar-refractivity contribution in [3.05, 3.63) is 81.7 Å². The van der Waals surface area contributed by atoms with Gasteiger partial charge in [-0.05, 0) is 55.7 Å². The van der Waals surface area contributed by atoms with Gasteiger partial charge in [-0.25, -0.2) is 0 Å². The van der Waals surface area contributed by atoms with Crippen molar-refractivity contribution in [2.45, 2.75) is 20.3 Å². The fraction of sp³-hybridized carbons (Fsp3) is 0.182. The number of phenols is 1. The van der Waals surface area contributed by atoms with E-state index in [9.17, 15) is 14.7 Å². The van der Waals surface area contributed by atoms with Gasteiger partial charge in [-0.15, -0.1) is 11.3 Å². The molecule has 0 fully saturated rings. The fourth-order valence-corrected chi connectivity index (χ4v) is 3.88. The SMILES string of the molecule is Cc1sc(NC(=O)c2ccccc2)c(C(=O)NCCc2ccc(O)cc2)c1C. The molecule has 6 heteroatoms. The zero-order valence-electron chi connectivity index (χ0n) is 15.8. The van der Waals surface area contributed by atoms with Crippen LogP contribution in [0.5, 0.6) is 5.75 Å². The minimum atomic E-state index is -0.236. The Balaban J connectivity index is 1.69. The van der Waals surface area contributed by atoms with Crippen LogP contribution in [0.3, 0.4) is 0 Å². The molecule has 0 aliphatic rings. The van der Waals surface area contributed by atoms with Gasteiger partial charge in [0, 0.05) is 17.0 Å². The number of benzene rings is 2. The van der Waals surface area contributed by atoms with Gasteiger partial charge in [0.1, 0.15) is 10.8 Å². The van der Waals surface area contributed by atoms with Gasteiger partial charge < -0.3 is 15.7 Å². The molecule has 0 radical (unpaired) electrons. The highest BCUT2D eigenvalue weighted by Gasteiger charge is 2.21. The molecule has 2 amide bonds. The standard InChI is InChI=1S/C22H22N2O3S/c1-14-15(2)28-22(24-20(26)17-6-4-3-5-7-17)19(14)21(27)23-13-12-16-8-10-18(25)11-9-16/h3-11,25H,12-13H2,1-2H3,(H,23,27)(H,24,26). The van der Waals surface area contributed by atoms with Crippen molar-refractivity contribution in [3.63, 3.8) is 0 Å². The summed E-state index contributed by atoms with van der Waals surface area (Å²) in [6, 6.07) is 15.8. The van der Waals surface area contributed by atoms with Crippen molar-refractivity contribution >= 4 is 28.2 Å². The van der Waals surface area contributed by atoms with Gasteiger partial charge in [0.05, 0.1) is 5.56 Å². The molecule has 28 heavy (non-hydrogen) atoms. The van der Waals surface area contributed by atoms with Crippen molar-refractivity contribution in [3.8, 4) is 5.75 Å². The number of aryl methyl sites for hydroxylation is 1. The van der Waals surface area contributed by atoms with Crippen LogP contribution in [0.4, 0.5) is 5.00 Å². The zero-order chi connectivity index (χ0) is 20.1. The number of thiophene rings is 1. The quantitative estimate of drug-likeness (QED) is 0.583. The largest absolute Gasteiger partial charge is 0.508 e. The Labute approximate surface area is 168 Å². The second kappa shape index (κ2) is 8.71. The topological polar surface area (TPSA) is 78.4 Å². The molecule has 0 atom stereocenters. The molecule has 0 bridgehead atoms. The van der Waals surface area contributed by atoms with Crippen LogP contribution in [0.1, 0.15) is 36.7 Å². The minimum Gasteiger partial charge on any atom is -0.508 e. The van der Waals surface area contributed by atoms with E-state index in [1.807, 2.05) is 32.0 Å². The van der Waals surface area contributed by atoms with E-state index in [1.54, 1.807) is 36.4 Å². The first-order chi connectivity index (χ1) is 13.5. The first-order valence-electron chi connectivity index (χ1n) is 8.98. The number of rotatable bonds is 6. The number of nitrogens with one attached hydrogen (secondary N) is 2. The van der Waals surface area contributed by atoms with Crippen molar-refractivity contribution in [2.75, 3.05) is 11.9 Å². The molecule has 5 nitrogen and oxygen atoms in total. The average molecular weight is 394 g/mol. The molecule has 0 saturated heterocycles. The van der Waals surface area contributed by atoms with Gasteiger partial charge in [0.25, 0.3) is 11.8 Å². The summed E-state index contributed by atoms with van der Waals surface area (Å²) < 4.78 is 0. The van der Waals surface area contributed by atoms with E-state index in [2.05, 4.69) is 10.6 Å². The lowest BCUT2D eigenvalue weighted by Crippen LogP contribution is -2.27. The highest BCUT2D eigenvalue weighted by atomic mass is 32.1. The van der Waals surface area contributed by atoms with Crippen LogP contribution < -0.4 is 10.6 Å². The molecule has 144 valence electrons. The molecule has 1 aromatic heterocycles. The number of hydrogen-bond donors (Lipinski definition) is 3. The molecule has 2 aromatic carbocycles.